The predicted molar refractivity (Wildman–Crippen MR) is 134 cm³/mol. The van der Waals surface area contributed by atoms with Gasteiger partial charge in [0.15, 0.2) is 0 Å². The van der Waals surface area contributed by atoms with Crippen LogP contribution >= 0.6 is 23.2 Å². The van der Waals surface area contributed by atoms with Crippen LogP contribution in [0.5, 0.6) is 0 Å². The average Bonchev–Trinajstić information content (AvgIpc) is 3.42. The van der Waals surface area contributed by atoms with Crippen molar-refractivity contribution in [2.75, 3.05) is 26.2 Å². The van der Waals surface area contributed by atoms with Gasteiger partial charge in [0.2, 0.25) is 0 Å². The summed E-state index contributed by atoms with van der Waals surface area (Å²) in [6, 6.07) is 23.9. The second kappa shape index (κ2) is 9.97. The van der Waals surface area contributed by atoms with Crippen molar-refractivity contribution < 1.29 is 4.79 Å². The van der Waals surface area contributed by atoms with Crippen molar-refractivity contribution in [3.05, 3.63) is 112 Å². The second-order valence-corrected chi connectivity index (χ2v) is 9.07. The minimum Gasteiger partial charge on any atom is -0.336 e. The molecule has 0 N–H and O–H groups in total. The van der Waals surface area contributed by atoms with E-state index >= 15 is 0 Å². The number of hydrogen-bond donors (Lipinski definition) is 0. The van der Waals surface area contributed by atoms with Crippen LogP contribution < -0.4 is 0 Å². The van der Waals surface area contributed by atoms with E-state index in [4.69, 9.17) is 23.2 Å². The SMILES string of the molecule is O=C(c1cc(-n2cnnc2)ccc1Cl)N1CCN(C(c2ccccc2)c2ccc(Cl)cc2)CC1. The number of carbonyl (C=O) groups excluding carboxylic acids is 1. The van der Waals surface area contributed by atoms with Crippen LogP contribution in [-0.2, 0) is 0 Å². The van der Waals surface area contributed by atoms with Crippen LogP contribution in [0.4, 0.5) is 0 Å². The van der Waals surface area contributed by atoms with E-state index in [9.17, 15) is 4.79 Å². The number of piperazine rings is 1. The van der Waals surface area contributed by atoms with Crippen LogP contribution in [-0.4, -0.2) is 56.7 Å². The van der Waals surface area contributed by atoms with E-state index in [2.05, 4.69) is 51.5 Å². The summed E-state index contributed by atoms with van der Waals surface area (Å²) in [7, 11) is 0. The molecule has 1 aliphatic heterocycles. The van der Waals surface area contributed by atoms with Crippen LogP contribution in [0.2, 0.25) is 10.0 Å². The highest BCUT2D eigenvalue weighted by Crippen LogP contribution is 2.31. The molecular weight excluding hydrogens is 469 g/mol. The molecule has 1 fully saturated rings. The van der Waals surface area contributed by atoms with Crippen LogP contribution in [0.1, 0.15) is 27.5 Å². The lowest BCUT2D eigenvalue weighted by Gasteiger charge is -2.40. The third-order valence-electron chi connectivity index (χ3n) is 6.16. The number of rotatable bonds is 5. The molecule has 1 saturated heterocycles. The Bertz CT molecular complexity index is 1250. The van der Waals surface area contributed by atoms with Crippen LogP contribution in [0.25, 0.3) is 5.69 Å². The summed E-state index contributed by atoms with van der Waals surface area (Å²) < 4.78 is 1.75. The van der Waals surface area contributed by atoms with Gasteiger partial charge in [-0.1, -0.05) is 65.7 Å². The van der Waals surface area contributed by atoms with Crippen LogP contribution in [0.3, 0.4) is 0 Å². The monoisotopic (exact) mass is 491 g/mol. The summed E-state index contributed by atoms with van der Waals surface area (Å²) in [6.07, 6.45) is 3.19. The van der Waals surface area contributed by atoms with Gasteiger partial charge in [-0.05, 0) is 41.5 Å². The molecule has 0 aliphatic carbocycles. The van der Waals surface area contributed by atoms with Crippen molar-refractivity contribution in [3.63, 3.8) is 0 Å². The van der Waals surface area contributed by atoms with Gasteiger partial charge in [0, 0.05) is 36.9 Å². The maximum absolute atomic E-state index is 13.4. The molecule has 5 rings (SSSR count). The molecule has 1 amide bonds. The lowest BCUT2D eigenvalue weighted by molar-refractivity contribution is 0.0597. The van der Waals surface area contributed by atoms with Gasteiger partial charge in [-0.15, -0.1) is 10.2 Å². The molecule has 4 aromatic rings. The van der Waals surface area contributed by atoms with Gasteiger partial charge in [-0.25, -0.2) is 0 Å². The zero-order chi connectivity index (χ0) is 23.5. The number of benzene rings is 3. The Morgan fingerprint density at radius 3 is 2.12 bits per heavy atom. The van der Waals surface area contributed by atoms with Crippen molar-refractivity contribution in [2.45, 2.75) is 6.04 Å². The number of amides is 1. The molecule has 1 aromatic heterocycles. The first-order chi connectivity index (χ1) is 16.6. The Kier molecular flexibility index (Phi) is 6.63. The van der Waals surface area contributed by atoms with Gasteiger partial charge in [0.1, 0.15) is 12.7 Å². The van der Waals surface area contributed by atoms with Gasteiger partial charge >= 0.3 is 0 Å². The summed E-state index contributed by atoms with van der Waals surface area (Å²) in [5.74, 6) is -0.0673. The van der Waals surface area contributed by atoms with E-state index in [0.717, 1.165) is 23.8 Å². The Balaban J connectivity index is 1.35. The zero-order valence-electron chi connectivity index (χ0n) is 18.4. The fourth-order valence-electron chi connectivity index (χ4n) is 4.42. The number of aromatic nitrogens is 3. The molecule has 0 spiro atoms. The Morgan fingerprint density at radius 1 is 0.794 bits per heavy atom. The van der Waals surface area contributed by atoms with Gasteiger partial charge in [-0.3, -0.25) is 14.3 Å². The van der Waals surface area contributed by atoms with Crippen molar-refractivity contribution in [1.29, 1.82) is 0 Å². The molecular formula is C26H23Cl2N5O. The highest BCUT2D eigenvalue weighted by Gasteiger charge is 2.29. The quantitative estimate of drug-likeness (QED) is 0.388. The third kappa shape index (κ3) is 4.71. The summed E-state index contributed by atoms with van der Waals surface area (Å²) in [5, 5.41) is 8.83. The topological polar surface area (TPSA) is 54.3 Å². The minimum atomic E-state index is -0.0673. The van der Waals surface area contributed by atoms with Crippen molar-refractivity contribution in [2.24, 2.45) is 0 Å². The molecule has 0 bridgehead atoms. The smallest absolute Gasteiger partial charge is 0.255 e. The fourth-order valence-corrected chi connectivity index (χ4v) is 4.74. The average molecular weight is 492 g/mol. The lowest BCUT2D eigenvalue weighted by atomic mass is 9.96. The number of halogens is 2. The van der Waals surface area contributed by atoms with E-state index in [1.54, 1.807) is 29.4 Å². The normalized spacial score (nSPS) is 15.3. The molecule has 1 unspecified atom stereocenters. The molecule has 172 valence electrons. The van der Waals surface area contributed by atoms with Crippen LogP contribution in [0, 0.1) is 0 Å². The molecule has 3 aromatic carbocycles. The van der Waals surface area contributed by atoms with Gasteiger partial charge in [-0.2, -0.15) is 0 Å². The highest BCUT2D eigenvalue weighted by atomic mass is 35.5. The summed E-state index contributed by atoms with van der Waals surface area (Å²) in [6.45, 7) is 2.72. The second-order valence-electron chi connectivity index (χ2n) is 8.23. The molecule has 6 nitrogen and oxygen atoms in total. The van der Waals surface area contributed by atoms with E-state index in [0.29, 0.717) is 23.7 Å². The van der Waals surface area contributed by atoms with Crippen LogP contribution in [0.15, 0.2) is 85.5 Å². The maximum atomic E-state index is 13.4. The molecule has 34 heavy (non-hydrogen) atoms. The van der Waals surface area contributed by atoms with Crippen molar-refractivity contribution in [3.8, 4) is 5.69 Å². The van der Waals surface area contributed by atoms with Gasteiger partial charge in [0.05, 0.1) is 16.6 Å². The summed E-state index contributed by atoms with van der Waals surface area (Å²) in [5.41, 5.74) is 3.68. The van der Waals surface area contributed by atoms with Gasteiger partial charge < -0.3 is 4.90 Å². The van der Waals surface area contributed by atoms with Crippen molar-refractivity contribution in [1.82, 2.24) is 24.6 Å². The number of carbonyl (C=O) groups is 1. The molecule has 2 heterocycles. The Labute approximate surface area is 208 Å². The summed E-state index contributed by atoms with van der Waals surface area (Å²) in [4.78, 5) is 17.7. The molecule has 1 aliphatic rings. The fraction of sp³-hybridized carbons (Fsp3) is 0.192. The maximum Gasteiger partial charge on any atom is 0.255 e. The third-order valence-corrected chi connectivity index (χ3v) is 6.75. The predicted octanol–water partition coefficient (Wildman–Crippen LogP) is 5.12. The highest BCUT2D eigenvalue weighted by molar-refractivity contribution is 6.34. The lowest BCUT2D eigenvalue weighted by Crippen LogP contribution is -2.50. The Morgan fingerprint density at radius 2 is 1.44 bits per heavy atom. The number of hydrogen-bond acceptors (Lipinski definition) is 4. The Hall–Kier alpha value is -3.19. The zero-order valence-corrected chi connectivity index (χ0v) is 19.9. The van der Waals surface area contributed by atoms with E-state index < -0.39 is 0 Å². The minimum absolute atomic E-state index is 0.0673. The summed E-state index contributed by atoms with van der Waals surface area (Å²) >= 11 is 12.6. The standard InChI is InChI=1S/C26H23Cl2N5O/c27-21-8-6-20(7-9-21)25(19-4-2-1-3-5-19)31-12-14-32(15-13-31)26(34)23-16-22(10-11-24(23)28)33-17-29-30-18-33/h1-11,16-18,25H,12-15H2. The van der Waals surface area contributed by atoms with E-state index in [1.807, 2.05) is 29.2 Å². The molecule has 1 atom stereocenters. The first-order valence-corrected chi connectivity index (χ1v) is 11.8. The molecule has 0 radical (unpaired) electrons. The van der Waals surface area contributed by atoms with E-state index in [1.165, 1.54) is 11.1 Å². The first-order valence-electron chi connectivity index (χ1n) is 11.1. The largest absolute Gasteiger partial charge is 0.336 e. The first kappa shape index (κ1) is 22.6. The molecule has 8 heteroatoms. The van der Waals surface area contributed by atoms with E-state index in [-0.39, 0.29) is 11.9 Å². The number of nitrogens with zero attached hydrogens (tertiary/aromatic N) is 5. The van der Waals surface area contributed by atoms with Gasteiger partial charge in [0.25, 0.3) is 5.91 Å². The van der Waals surface area contributed by atoms with Crippen molar-refractivity contribution >= 4 is 29.1 Å². The molecule has 0 saturated carbocycles.